The van der Waals surface area contributed by atoms with E-state index in [9.17, 15) is 0 Å². The maximum Gasteiger partial charge on any atom is 0.0158 e. The Labute approximate surface area is 153 Å². The molecule has 1 heteroatoms. The molecule has 0 radical (unpaired) electrons. The molecule has 1 nitrogen and oxygen atoms in total. The van der Waals surface area contributed by atoms with Crippen LogP contribution in [0, 0.1) is 22.7 Å². The van der Waals surface area contributed by atoms with Gasteiger partial charge in [-0.3, -0.25) is 4.90 Å². The first kappa shape index (κ1) is 21.7. The Morgan fingerprint density at radius 3 is 1.79 bits per heavy atom. The van der Waals surface area contributed by atoms with Crippen molar-refractivity contribution in [3.63, 3.8) is 0 Å². The van der Waals surface area contributed by atoms with Crippen molar-refractivity contribution in [2.45, 2.75) is 106 Å². The van der Waals surface area contributed by atoms with Gasteiger partial charge in [0.1, 0.15) is 0 Å². The van der Waals surface area contributed by atoms with Crippen LogP contribution in [0.15, 0.2) is 12.2 Å². The van der Waals surface area contributed by atoms with E-state index in [2.05, 4.69) is 87.8 Å². The van der Waals surface area contributed by atoms with Crippen molar-refractivity contribution in [2.75, 3.05) is 7.05 Å². The summed E-state index contributed by atoms with van der Waals surface area (Å²) in [4.78, 5) is 2.58. The van der Waals surface area contributed by atoms with E-state index in [1.165, 1.54) is 31.3 Å². The molecule has 1 rings (SSSR count). The highest BCUT2D eigenvalue weighted by molar-refractivity contribution is 5.14. The molecule has 1 aliphatic rings. The fourth-order valence-electron chi connectivity index (χ4n) is 5.14. The molecule has 0 spiro atoms. The number of allylic oxidation sites excluding steroid dienone is 1. The van der Waals surface area contributed by atoms with Crippen LogP contribution in [-0.4, -0.2) is 23.0 Å². The number of rotatable bonds is 5. The molecule has 142 valence electrons. The SMILES string of the molecule is C=C(CC1CC(C)(C)N(C)C(C)(C)C1)C(C)(CC(C)(C)C)C(C)C. The lowest BCUT2D eigenvalue weighted by Gasteiger charge is -2.54. The Morgan fingerprint density at radius 2 is 1.46 bits per heavy atom. The topological polar surface area (TPSA) is 3.24 Å². The van der Waals surface area contributed by atoms with Gasteiger partial charge in [0.2, 0.25) is 0 Å². The molecule has 1 fully saturated rings. The second-order valence-corrected chi connectivity index (χ2v) is 11.6. The van der Waals surface area contributed by atoms with Crippen LogP contribution in [0.1, 0.15) is 94.9 Å². The number of hydrogen-bond acceptors (Lipinski definition) is 1. The second kappa shape index (κ2) is 6.78. The van der Waals surface area contributed by atoms with Crippen LogP contribution >= 0.6 is 0 Å². The Balaban J connectivity index is 2.96. The van der Waals surface area contributed by atoms with E-state index in [1.54, 1.807) is 0 Å². The van der Waals surface area contributed by atoms with Crippen LogP contribution in [0.25, 0.3) is 0 Å². The zero-order valence-electron chi connectivity index (χ0n) is 18.6. The van der Waals surface area contributed by atoms with Gasteiger partial charge in [0.25, 0.3) is 0 Å². The van der Waals surface area contributed by atoms with Crippen molar-refractivity contribution in [3.8, 4) is 0 Å². The summed E-state index contributed by atoms with van der Waals surface area (Å²) in [5, 5.41) is 0. The summed E-state index contributed by atoms with van der Waals surface area (Å²) in [6, 6.07) is 0. The summed E-state index contributed by atoms with van der Waals surface area (Å²) in [5.41, 5.74) is 2.59. The largest absolute Gasteiger partial charge is 0.296 e. The molecular weight excluding hydrogens is 290 g/mol. The summed E-state index contributed by atoms with van der Waals surface area (Å²) in [7, 11) is 2.29. The van der Waals surface area contributed by atoms with E-state index in [4.69, 9.17) is 0 Å². The third kappa shape index (κ3) is 4.87. The first-order valence-electron chi connectivity index (χ1n) is 9.93. The van der Waals surface area contributed by atoms with Crippen LogP contribution in [0.3, 0.4) is 0 Å². The molecule has 0 bridgehead atoms. The molecule has 0 aromatic carbocycles. The lowest BCUT2D eigenvalue weighted by Crippen LogP contribution is -2.58. The van der Waals surface area contributed by atoms with Gasteiger partial charge in [-0.1, -0.05) is 53.7 Å². The van der Waals surface area contributed by atoms with E-state index in [0.717, 1.165) is 5.92 Å². The van der Waals surface area contributed by atoms with Gasteiger partial charge in [-0.2, -0.15) is 0 Å². The Morgan fingerprint density at radius 1 is 1.04 bits per heavy atom. The number of piperidine rings is 1. The van der Waals surface area contributed by atoms with Crippen molar-refractivity contribution in [1.82, 2.24) is 4.90 Å². The van der Waals surface area contributed by atoms with Crippen molar-refractivity contribution in [2.24, 2.45) is 22.7 Å². The highest BCUT2D eigenvalue weighted by atomic mass is 15.2. The number of likely N-dealkylation sites (tertiary alicyclic amines) is 1. The average Bonchev–Trinajstić information content (AvgIpc) is 2.32. The van der Waals surface area contributed by atoms with Gasteiger partial charge in [0.15, 0.2) is 0 Å². The van der Waals surface area contributed by atoms with Crippen molar-refractivity contribution < 1.29 is 0 Å². The quantitative estimate of drug-likeness (QED) is 0.492. The molecule has 0 amide bonds. The summed E-state index contributed by atoms with van der Waals surface area (Å²) in [5.74, 6) is 1.38. The summed E-state index contributed by atoms with van der Waals surface area (Å²) >= 11 is 0. The lowest BCUT2D eigenvalue weighted by molar-refractivity contribution is -0.0312. The minimum atomic E-state index is 0.232. The second-order valence-electron chi connectivity index (χ2n) is 11.6. The molecule has 1 aliphatic heterocycles. The summed E-state index contributed by atoms with van der Waals surface area (Å²) in [6.45, 7) is 28.5. The van der Waals surface area contributed by atoms with Gasteiger partial charge in [0, 0.05) is 11.1 Å². The first-order valence-corrected chi connectivity index (χ1v) is 9.93. The minimum Gasteiger partial charge on any atom is -0.296 e. The highest BCUT2D eigenvalue weighted by Crippen LogP contribution is 2.49. The third-order valence-corrected chi connectivity index (χ3v) is 6.91. The fraction of sp³-hybridized carbons (Fsp3) is 0.913. The fourth-order valence-corrected chi connectivity index (χ4v) is 5.14. The normalized spacial score (nSPS) is 24.8. The van der Waals surface area contributed by atoms with E-state index in [-0.39, 0.29) is 16.5 Å². The zero-order valence-corrected chi connectivity index (χ0v) is 18.6. The van der Waals surface area contributed by atoms with E-state index >= 15 is 0 Å². The van der Waals surface area contributed by atoms with E-state index < -0.39 is 0 Å². The Bertz CT molecular complexity index is 431. The number of hydrogen-bond donors (Lipinski definition) is 0. The van der Waals surface area contributed by atoms with Crippen LogP contribution in [0.2, 0.25) is 0 Å². The van der Waals surface area contributed by atoms with Gasteiger partial charge in [-0.25, -0.2) is 0 Å². The van der Waals surface area contributed by atoms with Crippen LogP contribution in [0.5, 0.6) is 0 Å². The molecule has 24 heavy (non-hydrogen) atoms. The van der Waals surface area contributed by atoms with E-state index in [1.807, 2.05) is 0 Å². The monoisotopic (exact) mass is 335 g/mol. The molecule has 0 saturated carbocycles. The maximum atomic E-state index is 4.63. The van der Waals surface area contributed by atoms with Gasteiger partial charge < -0.3 is 0 Å². The standard InChI is InChI=1S/C23H45N/c1-17(2)23(11,16-20(4,5)6)18(3)13-19-14-21(7,8)24(12)22(9,10)15-19/h17,19H,3,13-16H2,1-2,4-12H3. The smallest absolute Gasteiger partial charge is 0.0158 e. The summed E-state index contributed by atoms with van der Waals surface area (Å²) in [6.07, 6.45) is 4.95. The predicted octanol–water partition coefficient (Wildman–Crippen LogP) is 6.93. The van der Waals surface area contributed by atoms with Crippen molar-refractivity contribution in [3.05, 3.63) is 12.2 Å². The van der Waals surface area contributed by atoms with Crippen molar-refractivity contribution >= 4 is 0 Å². The van der Waals surface area contributed by atoms with Gasteiger partial charge in [-0.05, 0) is 83.1 Å². The molecule has 0 aromatic heterocycles. The molecule has 1 saturated heterocycles. The van der Waals surface area contributed by atoms with Crippen LogP contribution < -0.4 is 0 Å². The molecule has 0 N–H and O–H groups in total. The molecule has 0 aliphatic carbocycles. The molecule has 1 unspecified atom stereocenters. The Kier molecular flexibility index (Phi) is 6.14. The number of nitrogens with zero attached hydrogens (tertiary/aromatic N) is 1. The van der Waals surface area contributed by atoms with Crippen LogP contribution in [0.4, 0.5) is 0 Å². The molecule has 0 aromatic rings. The minimum absolute atomic E-state index is 0.232. The molecule has 1 heterocycles. The molecular formula is C23H45N. The predicted molar refractivity (Wildman–Crippen MR) is 109 cm³/mol. The Hall–Kier alpha value is -0.300. The third-order valence-electron chi connectivity index (χ3n) is 6.91. The van der Waals surface area contributed by atoms with Gasteiger partial charge in [0.05, 0.1) is 0 Å². The van der Waals surface area contributed by atoms with Crippen LogP contribution in [-0.2, 0) is 0 Å². The average molecular weight is 336 g/mol. The highest BCUT2D eigenvalue weighted by Gasteiger charge is 2.44. The lowest BCUT2D eigenvalue weighted by atomic mass is 9.62. The molecule has 1 atom stereocenters. The zero-order chi connectivity index (χ0) is 19.1. The van der Waals surface area contributed by atoms with Gasteiger partial charge in [-0.15, -0.1) is 0 Å². The van der Waals surface area contributed by atoms with E-state index in [0.29, 0.717) is 11.3 Å². The van der Waals surface area contributed by atoms with Crippen molar-refractivity contribution in [1.29, 1.82) is 0 Å². The maximum absolute atomic E-state index is 4.63. The first-order chi connectivity index (χ1) is 10.5. The summed E-state index contributed by atoms with van der Waals surface area (Å²) < 4.78 is 0. The van der Waals surface area contributed by atoms with Gasteiger partial charge >= 0.3 is 0 Å².